The zero-order valence-corrected chi connectivity index (χ0v) is 16.8. The number of fused-ring (bicyclic) bond motifs is 3. The highest BCUT2D eigenvalue weighted by molar-refractivity contribution is 5.98. The number of benzene rings is 2. The lowest BCUT2D eigenvalue weighted by Crippen LogP contribution is -2.17. The molecule has 2 aromatic carbocycles. The van der Waals surface area contributed by atoms with Crippen LogP contribution in [0.2, 0.25) is 0 Å². The Morgan fingerprint density at radius 3 is 2.42 bits per heavy atom. The van der Waals surface area contributed by atoms with Crippen LogP contribution in [0.3, 0.4) is 0 Å². The maximum absolute atomic E-state index is 9.45. The smallest absolute Gasteiger partial charge is 0.170 e. The van der Waals surface area contributed by atoms with E-state index in [2.05, 4.69) is 40.5 Å². The first-order valence-electron chi connectivity index (χ1n) is 10.1. The van der Waals surface area contributed by atoms with Gasteiger partial charge in [0.1, 0.15) is 0 Å². The van der Waals surface area contributed by atoms with Crippen molar-refractivity contribution in [2.45, 2.75) is 12.6 Å². The summed E-state index contributed by atoms with van der Waals surface area (Å²) in [6, 6.07) is 21.7. The predicted octanol–water partition coefficient (Wildman–Crippen LogP) is 3.06. The van der Waals surface area contributed by atoms with E-state index in [0.29, 0.717) is 18.0 Å². The highest BCUT2D eigenvalue weighted by Gasteiger charge is 2.18. The van der Waals surface area contributed by atoms with Crippen LogP contribution in [0, 0.1) is 0 Å². The zero-order chi connectivity index (χ0) is 21.4. The van der Waals surface area contributed by atoms with Crippen molar-refractivity contribution in [3.05, 3.63) is 84.3 Å². The molecule has 0 bridgehead atoms. The lowest BCUT2D eigenvalue weighted by molar-refractivity contribution is 0.263. The topological polar surface area (TPSA) is 115 Å². The number of aromatic nitrogens is 4. The summed E-state index contributed by atoms with van der Waals surface area (Å²) in [5.41, 5.74) is 18.3. The monoisotopic (exact) mass is 410 g/mol. The molecule has 0 aliphatic heterocycles. The summed E-state index contributed by atoms with van der Waals surface area (Å²) in [5, 5.41) is 18.9. The molecule has 0 saturated heterocycles. The number of hydrogen-bond donors (Lipinski definition) is 3. The van der Waals surface area contributed by atoms with Crippen molar-refractivity contribution < 1.29 is 5.11 Å². The van der Waals surface area contributed by atoms with Gasteiger partial charge in [-0.1, -0.05) is 54.6 Å². The lowest BCUT2D eigenvalue weighted by atomic mass is 9.97. The Labute approximate surface area is 179 Å². The van der Waals surface area contributed by atoms with Crippen LogP contribution in [-0.2, 0) is 6.54 Å². The molecule has 5 aromatic rings. The number of rotatable bonds is 5. The summed E-state index contributed by atoms with van der Waals surface area (Å²) in [4.78, 5) is 5.01. The Hall–Kier alpha value is -3.65. The van der Waals surface area contributed by atoms with Crippen LogP contribution in [-0.4, -0.2) is 31.3 Å². The van der Waals surface area contributed by atoms with Gasteiger partial charge in [-0.15, -0.1) is 10.2 Å². The van der Waals surface area contributed by atoms with E-state index in [-0.39, 0.29) is 6.61 Å². The number of nitrogens with two attached hydrogens (primary N) is 2. The maximum Gasteiger partial charge on any atom is 0.170 e. The average Bonchev–Trinajstić information content (AvgIpc) is 3.28. The van der Waals surface area contributed by atoms with Gasteiger partial charge in [-0.3, -0.25) is 4.40 Å². The fraction of sp³-hybridized carbons (Fsp3) is 0.125. The molecule has 0 spiro atoms. The first kappa shape index (κ1) is 19.3. The molecule has 3 heterocycles. The molecule has 0 saturated carbocycles. The predicted molar refractivity (Wildman–Crippen MR) is 121 cm³/mol. The zero-order valence-electron chi connectivity index (χ0n) is 16.8. The normalized spacial score (nSPS) is 12.5. The molecule has 0 aliphatic carbocycles. The molecule has 0 aliphatic rings. The highest BCUT2D eigenvalue weighted by Crippen LogP contribution is 2.34. The van der Waals surface area contributed by atoms with Crippen LogP contribution < -0.4 is 11.5 Å². The minimum Gasteiger partial charge on any atom is -0.394 e. The van der Waals surface area contributed by atoms with Crippen molar-refractivity contribution in [2.24, 2.45) is 11.5 Å². The number of nitrogens with zero attached hydrogens (tertiary/aromatic N) is 4. The summed E-state index contributed by atoms with van der Waals surface area (Å²) in [7, 11) is 0. The molecule has 5 N–H and O–H groups in total. The van der Waals surface area contributed by atoms with Crippen LogP contribution in [0.5, 0.6) is 0 Å². The van der Waals surface area contributed by atoms with Gasteiger partial charge in [0.05, 0.1) is 23.9 Å². The Balaban J connectivity index is 1.79. The number of aliphatic hydroxyl groups is 1. The van der Waals surface area contributed by atoms with Gasteiger partial charge in [-0.25, -0.2) is 4.98 Å². The number of aliphatic hydroxyl groups excluding tert-OH is 1. The molecular weight excluding hydrogens is 388 g/mol. The van der Waals surface area contributed by atoms with Crippen molar-refractivity contribution in [1.29, 1.82) is 0 Å². The summed E-state index contributed by atoms with van der Waals surface area (Å²) in [6.07, 6.45) is 1.85. The molecule has 0 fully saturated rings. The Kier molecular flexibility index (Phi) is 4.91. The van der Waals surface area contributed by atoms with E-state index in [9.17, 15) is 5.11 Å². The molecule has 7 heteroatoms. The minimum atomic E-state index is -0.602. The van der Waals surface area contributed by atoms with Crippen LogP contribution in [0.1, 0.15) is 17.4 Å². The van der Waals surface area contributed by atoms with E-state index >= 15 is 0 Å². The molecule has 7 nitrogen and oxygen atoms in total. The molecule has 3 aromatic heterocycles. The quantitative estimate of drug-likeness (QED) is 0.410. The van der Waals surface area contributed by atoms with Crippen LogP contribution in [0.4, 0.5) is 0 Å². The molecular formula is C24H22N6O. The van der Waals surface area contributed by atoms with Crippen LogP contribution in [0.25, 0.3) is 38.9 Å². The van der Waals surface area contributed by atoms with Crippen molar-refractivity contribution in [3.8, 4) is 22.4 Å². The van der Waals surface area contributed by atoms with E-state index in [4.69, 9.17) is 16.5 Å². The molecule has 5 rings (SSSR count). The second kappa shape index (κ2) is 7.88. The van der Waals surface area contributed by atoms with Crippen LogP contribution >= 0.6 is 0 Å². The second-order valence-electron chi connectivity index (χ2n) is 7.44. The number of pyridine rings is 2. The molecule has 154 valence electrons. The molecule has 0 unspecified atom stereocenters. The van der Waals surface area contributed by atoms with Gasteiger partial charge in [0.25, 0.3) is 0 Å². The summed E-state index contributed by atoms with van der Waals surface area (Å²) in [5.74, 6) is 0.516. The summed E-state index contributed by atoms with van der Waals surface area (Å²) < 4.78 is 1.81. The molecule has 1 atom stereocenters. The maximum atomic E-state index is 9.45. The third-order valence-corrected chi connectivity index (χ3v) is 5.47. The highest BCUT2D eigenvalue weighted by atomic mass is 16.3. The minimum absolute atomic E-state index is 0.204. The Morgan fingerprint density at radius 2 is 1.71 bits per heavy atom. The van der Waals surface area contributed by atoms with E-state index in [1.54, 1.807) is 0 Å². The van der Waals surface area contributed by atoms with E-state index in [1.165, 1.54) is 0 Å². The van der Waals surface area contributed by atoms with Gasteiger partial charge in [0, 0.05) is 29.3 Å². The van der Waals surface area contributed by atoms with E-state index in [1.807, 2.05) is 47.0 Å². The first-order valence-corrected chi connectivity index (χ1v) is 10.1. The van der Waals surface area contributed by atoms with Gasteiger partial charge < -0.3 is 16.6 Å². The number of hydrogen-bond acceptors (Lipinski definition) is 6. The van der Waals surface area contributed by atoms with Crippen molar-refractivity contribution in [2.75, 3.05) is 6.61 Å². The average molecular weight is 410 g/mol. The van der Waals surface area contributed by atoms with E-state index in [0.717, 1.165) is 38.9 Å². The molecule has 31 heavy (non-hydrogen) atoms. The Bertz CT molecular complexity index is 1360. The fourth-order valence-electron chi connectivity index (χ4n) is 3.80. The fourth-order valence-corrected chi connectivity index (χ4v) is 3.80. The van der Waals surface area contributed by atoms with Gasteiger partial charge in [0.2, 0.25) is 0 Å². The van der Waals surface area contributed by atoms with Crippen molar-refractivity contribution in [3.63, 3.8) is 0 Å². The third-order valence-electron chi connectivity index (χ3n) is 5.47. The van der Waals surface area contributed by atoms with Gasteiger partial charge in [-0.2, -0.15) is 0 Å². The van der Waals surface area contributed by atoms with Crippen molar-refractivity contribution in [1.82, 2.24) is 19.6 Å². The summed E-state index contributed by atoms with van der Waals surface area (Å²) >= 11 is 0. The third kappa shape index (κ3) is 3.34. The SMILES string of the molecule is NCc1ccc(-c2nc3ccn4c([C@@H](N)CO)nnc4c3cc2-c2ccccc2)cc1. The second-order valence-corrected chi connectivity index (χ2v) is 7.44. The Morgan fingerprint density at radius 1 is 0.935 bits per heavy atom. The lowest BCUT2D eigenvalue weighted by Gasteiger charge is -2.13. The van der Waals surface area contributed by atoms with Gasteiger partial charge in [0.15, 0.2) is 11.5 Å². The van der Waals surface area contributed by atoms with Gasteiger partial charge >= 0.3 is 0 Å². The van der Waals surface area contributed by atoms with Gasteiger partial charge in [-0.05, 0) is 23.3 Å². The van der Waals surface area contributed by atoms with Crippen LogP contribution in [0.15, 0.2) is 72.9 Å². The largest absolute Gasteiger partial charge is 0.394 e. The molecule has 0 radical (unpaired) electrons. The molecule has 0 amide bonds. The first-order chi connectivity index (χ1) is 15.2. The van der Waals surface area contributed by atoms with Crippen molar-refractivity contribution >= 4 is 16.6 Å². The standard InChI is InChI=1S/C24H22N6O/c25-13-15-6-8-17(9-7-15)22-18(16-4-2-1-3-5-16)12-19-21(27-22)10-11-30-23(19)28-29-24(30)20(26)14-31/h1-12,20,31H,13-14,25-26H2/t20-/m0/s1. The van der Waals surface area contributed by atoms with E-state index < -0.39 is 6.04 Å². The summed E-state index contributed by atoms with van der Waals surface area (Å²) in [6.45, 7) is 0.296.